The molecule has 0 aliphatic carbocycles. The molecule has 19 heavy (non-hydrogen) atoms. The molecule has 1 aromatic carbocycles. The molecule has 0 aliphatic heterocycles. The highest BCUT2D eigenvalue weighted by atomic mass is 79.9. The third kappa shape index (κ3) is 3.27. The van der Waals surface area contributed by atoms with Crippen LogP contribution in [0.2, 0.25) is 0 Å². The number of nitrogens with one attached hydrogen (secondary N) is 1. The van der Waals surface area contributed by atoms with Gasteiger partial charge in [0, 0.05) is 0 Å². The quantitative estimate of drug-likeness (QED) is 0.867. The number of anilines is 1. The van der Waals surface area contributed by atoms with Crippen LogP contribution in [0.3, 0.4) is 0 Å². The molecule has 0 spiro atoms. The highest BCUT2D eigenvalue weighted by Gasteiger charge is 2.16. The number of hydrogen-bond donors (Lipinski definition) is 1. The third-order valence-corrected chi connectivity index (χ3v) is 4.03. The van der Waals surface area contributed by atoms with Gasteiger partial charge in [0.25, 0.3) is 10.0 Å². The Bertz CT molecular complexity index is 705. The molecular weight excluding hydrogens is 342 g/mol. The predicted octanol–water partition coefficient (Wildman–Crippen LogP) is 2.92. The lowest BCUT2D eigenvalue weighted by atomic mass is 10.3. The summed E-state index contributed by atoms with van der Waals surface area (Å²) in [6.45, 7) is 0. The topological polar surface area (TPSA) is 59.1 Å². The molecule has 0 amide bonds. The van der Waals surface area contributed by atoms with Crippen molar-refractivity contribution in [3.63, 3.8) is 0 Å². The molecule has 8 heteroatoms. The van der Waals surface area contributed by atoms with Gasteiger partial charge in [0.1, 0.15) is 4.60 Å². The van der Waals surface area contributed by atoms with E-state index in [-0.39, 0.29) is 10.6 Å². The van der Waals surface area contributed by atoms with Crippen LogP contribution in [0.5, 0.6) is 0 Å². The molecule has 0 atom stereocenters. The fourth-order valence-corrected chi connectivity index (χ4v) is 2.58. The van der Waals surface area contributed by atoms with Crippen molar-refractivity contribution in [1.82, 2.24) is 4.98 Å². The average molecular weight is 349 g/mol. The van der Waals surface area contributed by atoms with Crippen molar-refractivity contribution in [2.45, 2.75) is 4.90 Å². The van der Waals surface area contributed by atoms with Gasteiger partial charge in [0.05, 0.1) is 16.8 Å². The number of rotatable bonds is 3. The molecular formula is C11H7BrF2N2O2S. The minimum absolute atomic E-state index is 0.216. The van der Waals surface area contributed by atoms with Gasteiger partial charge in [0.15, 0.2) is 11.6 Å². The maximum absolute atomic E-state index is 13.0. The van der Waals surface area contributed by atoms with Crippen LogP contribution in [0.15, 0.2) is 46.0 Å². The summed E-state index contributed by atoms with van der Waals surface area (Å²) in [6.07, 6.45) is 1.29. The number of sulfonamides is 1. The number of benzene rings is 1. The zero-order chi connectivity index (χ0) is 14.0. The Morgan fingerprint density at radius 3 is 2.42 bits per heavy atom. The summed E-state index contributed by atoms with van der Waals surface area (Å²) in [5.74, 6) is -2.33. The van der Waals surface area contributed by atoms with E-state index in [1.807, 2.05) is 0 Å². The monoisotopic (exact) mass is 348 g/mol. The molecule has 4 nitrogen and oxygen atoms in total. The summed E-state index contributed by atoms with van der Waals surface area (Å²) in [5.41, 5.74) is 0.216. The van der Waals surface area contributed by atoms with Gasteiger partial charge in [-0.25, -0.2) is 22.2 Å². The number of nitrogens with zero attached hydrogens (tertiary/aromatic N) is 1. The number of halogens is 3. The summed E-state index contributed by atoms with van der Waals surface area (Å²) in [6, 6.07) is 5.37. The SMILES string of the molecule is O=S(=O)(Nc1ccc(Br)nc1)c1ccc(F)c(F)c1. The summed E-state index contributed by atoms with van der Waals surface area (Å²) >= 11 is 3.11. The molecule has 1 N–H and O–H groups in total. The highest BCUT2D eigenvalue weighted by molar-refractivity contribution is 9.10. The Balaban J connectivity index is 2.32. The Morgan fingerprint density at radius 1 is 1.11 bits per heavy atom. The Morgan fingerprint density at radius 2 is 1.84 bits per heavy atom. The first-order chi connectivity index (χ1) is 8.88. The van der Waals surface area contributed by atoms with Gasteiger partial charge in [-0.15, -0.1) is 0 Å². The number of pyridine rings is 1. The van der Waals surface area contributed by atoms with Crippen LogP contribution in [0.4, 0.5) is 14.5 Å². The molecule has 2 aromatic rings. The van der Waals surface area contributed by atoms with Gasteiger partial charge in [-0.2, -0.15) is 0 Å². The molecule has 0 fully saturated rings. The van der Waals surface area contributed by atoms with Gasteiger partial charge in [-0.3, -0.25) is 4.72 Å². The molecule has 0 saturated heterocycles. The van der Waals surface area contributed by atoms with Gasteiger partial charge in [-0.1, -0.05) is 0 Å². The van der Waals surface area contributed by atoms with E-state index in [0.717, 1.165) is 12.1 Å². The zero-order valence-electron chi connectivity index (χ0n) is 9.27. The van der Waals surface area contributed by atoms with Crippen LogP contribution in [-0.2, 0) is 10.0 Å². The summed E-state index contributed by atoms with van der Waals surface area (Å²) in [5, 5.41) is 0. The fourth-order valence-electron chi connectivity index (χ4n) is 1.29. The molecule has 0 bridgehead atoms. The number of hydrogen-bond acceptors (Lipinski definition) is 3. The Labute approximate surface area is 116 Å². The maximum Gasteiger partial charge on any atom is 0.262 e. The standard InChI is InChI=1S/C11H7BrF2N2O2S/c12-11-4-1-7(6-15-11)16-19(17,18)8-2-3-9(13)10(14)5-8/h1-6,16H. The first kappa shape index (κ1) is 13.9. The molecule has 100 valence electrons. The fraction of sp³-hybridized carbons (Fsp3) is 0. The second kappa shape index (κ2) is 5.22. The van der Waals surface area contributed by atoms with E-state index in [9.17, 15) is 17.2 Å². The first-order valence-corrected chi connectivity index (χ1v) is 7.25. The summed E-state index contributed by atoms with van der Waals surface area (Å²) < 4.78 is 52.3. The third-order valence-electron chi connectivity index (χ3n) is 2.18. The van der Waals surface area contributed by atoms with E-state index >= 15 is 0 Å². The molecule has 1 aromatic heterocycles. The van der Waals surface area contributed by atoms with E-state index < -0.39 is 21.7 Å². The normalized spacial score (nSPS) is 11.3. The second-order valence-electron chi connectivity index (χ2n) is 3.55. The van der Waals surface area contributed by atoms with Crippen LogP contribution >= 0.6 is 15.9 Å². The smallest absolute Gasteiger partial charge is 0.262 e. The second-order valence-corrected chi connectivity index (χ2v) is 6.05. The van der Waals surface area contributed by atoms with E-state index in [0.29, 0.717) is 10.7 Å². The van der Waals surface area contributed by atoms with Crippen LogP contribution in [0.1, 0.15) is 0 Å². The largest absolute Gasteiger partial charge is 0.278 e. The summed E-state index contributed by atoms with van der Waals surface area (Å²) in [7, 11) is -3.98. The molecule has 0 saturated carbocycles. The average Bonchev–Trinajstić information content (AvgIpc) is 2.35. The van der Waals surface area contributed by atoms with E-state index in [1.54, 1.807) is 6.07 Å². The van der Waals surface area contributed by atoms with Crippen LogP contribution in [0, 0.1) is 11.6 Å². The molecule has 1 heterocycles. The van der Waals surface area contributed by atoms with Gasteiger partial charge in [-0.05, 0) is 46.3 Å². The number of aromatic nitrogens is 1. The first-order valence-electron chi connectivity index (χ1n) is 4.98. The molecule has 2 rings (SSSR count). The van der Waals surface area contributed by atoms with Crippen molar-refractivity contribution in [2.75, 3.05) is 4.72 Å². The van der Waals surface area contributed by atoms with E-state index in [4.69, 9.17) is 0 Å². The maximum atomic E-state index is 13.0. The molecule has 0 radical (unpaired) electrons. The lowest BCUT2D eigenvalue weighted by molar-refractivity contribution is 0.504. The van der Waals surface area contributed by atoms with Gasteiger partial charge >= 0.3 is 0 Å². The lowest BCUT2D eigenvalue weighted by Gasteiger charge is -2.07. The lowest BCUT2D eigenvalue weighted by Crippen LogP contribution is -2.13. The van der Waals surface area contributed by atoms with Crippen molar-refractivity contribution in [3.8, 4) is 0 Å². The zero-order valence-corrected chi connectivity index (χ0v) is 11.7. The van der Waals surface area contributed by atoms with Gasteiger partial charge < -0.3 is 0 Å². The van der Waals surface area contributed by atoms with Crippen molar-refractivity contribution in [2.24, 2.45) is 0 Å². The van der Waals surface area contributed by atoms with Crippen LogP contribution < -0.4 is 4.72 Å². The van der Waals surface area contributed by atoms with E-state index in [2.05, 4.69) is 25.6 Å². The highest BCUT2D eigenvalue weighted by Crippen LogP contribution is 2.18. The van der Waals surface area contributed by atoms with E-state index in [1.165, 1.54) is 12.3 Å². The van der Waals surface area contributed by atoms with Crippen molar-refractivity contribution in [3.05, 3.63) is 52.8 Å². The Kier molecular flexibility index (Phi) is 3.81. The van der Waals surface area contributed by atoms with Crippen LogP contribution in [-0.4, -0.2) is 13.4 Å². The molecule has 0 unspecified atom stereocenters. The van der Waals surface area contributed by atoms with Crippen molar-refractivity contribution in [1.29, 1.82) is 0 Å². The van der Waals surface area contributed by atoms with Crippen LogP contribution in [0.25, 0.3) is 0 Å². The van der Waals surface area contributed by atoms with Gasteiger partial charge in [0.2, 0.25) is 0 Å². The molecule has 0 aliphatic rings. The summed E-state index contributed by atoms with van der Waals surface area (Å²) in [4.78, 5) is 3.48. The van der Waals surface area contributed by atoms with Crippen molar-refractivity contribution >= 4 is 31.6 Å². The van der Waals surface area contributed by atoms with Crippen molar-refractivity contribution < 1.29 is 17.2 Å². The minimum atomic E-state index is -3.98. The minimum Gasteiger partial charge on any atom is -0.278 e. The predicted molar refractivity (Wildman–Crippen MR) is 69.1 cm³/mol. The Hall–Kier alpha value is -1.54.